The van der Waals surface area contributed by atoms with Crippen molar-refractivity contribution in [2.24, 2.45) is 0 Å². The van der Waals surface area contributed by atoms with Gasteiger partial charge in [-0.25, -0.2) is 0 Å². The van der Waals surface area contributed by atoms with Crippen molar-refractivity contribution in [3.63, 3.8) is 0 Å². The standard InChI is InChI=1S/C54H55NO2S/c1-9-57-51(39-23-15-11-16-24-39)49(38-21-13-10-14-22-38)42-33-46(53(2,3)4)50(56)47(34-42)54(5,6)36-41-27-19-20-28-44(41)48-35-45(37-29-31-43(32-30-37)55(7)8)52(58-48)40-25-17-12-18-26-40/h10-35,56H,9,36H2,1-8H3/b51-49+. The molecule has 1 N–H and O–H groups in total. The molecule has 294 valence electrons. The van der Waals surface area contributed by atoms with Crippen LogP contribution in [0.25, 0.3) is 43.3 Å². The highest BCUT2D eigenvalue weighted by atomic mass is 32.1. The van der Waals surface area contributed by atoms with Crippen molar-refractivity contribution >= 4 is 28.4 Å². The van der Waals surface area contributed by atoms with Crippen molar-refractivity contribution in [1.29, 1.82) is 0 Å². The fourth-order valence-electron chi connectivity index (χ4n) is 7.90. The van der Waals surface area contributed by atoms with Gasteiger partial charge in [0.05, 0.1) is 6.61 Å². The number of anilines is 1. The molecule has 0 aliphatic rings. The molecule has 0 amide bonds. The van der Waals surface area contributed by atoms with E-state index in [9.17, 15) is 5.11 Å². The zero-order chi connectivity index (χ0) is 41.0. The van der Waals surface area contributed by atoms with E-state index in [1.165, 1.54) is 43.3 Å². The van der Waals surface area contributed by atoms with Crippen LogP contribution in [0.5, 0.6) is 5.75 Å². The lowest BCUT2D eigenvalue weighted by atomic mass is 9.73. The number of rotatable bonds is 12. The van der Waals surface area contributed by atoms with Gasteiger partial charge in [0, 0.05) is 57.4 Å². The summed E-state index contributed by atoms with van der Waals surface area (Å²) in [5, 5.41) is 12.4. The lowest BCUT2D eigenvalue weighted by Crippen LogP contribution is -2.23. The van der Waals surface area contributed by atoms with Crippen LogP contribution in [0.15, 0.2) is 158 Å². The van der Waals surface area contributed by atoms with E-state index >= 15 is 0 Å². The molecule has 0 spiro atoms. The molecule has 58 heavy (non-hydrogen) atoms. The minimum absolute atomic E-state index is 0.324. The van der Waals surface area contributed by atoms with Crippen LogP contribution >= 0.6 is 11.3 Å². The minimum Gasteiger partial charge on any atom is -0.507 e. The van der Waals surface area contributed by atoms with Crippen molar-refractivity contribution in [3.05, 3.63) is 191 Å². The van der Waals surface area contributed by atoms with Gasteiger partial charge in [0.2, 0.25) is 0 Å². The second-order valence-corrected chi connectivity index (χ2v) is 18.0. The van der Waals surface area contributed by atoms with Crippen LogP contribution < -0.4 is 4.90 Å². The Morgan fingerprint density at radius 3 is 1.78 bits per heavy atom. The summed E-state index contributed by atoms with van der Waals surface area (Å²) in [6.07, 6.45) is 0.719. The van der Waals surface area contributed by atoms with Crippen LogP contribution in [0, 0.1) is 0 Å². The van der Waals surface area contributed by atoms with E-state index in [4.69, 9.17) is 4.74 Å². The van der Waals surface area contributed by atoms with Crippen molar-refractivity contribution in [1.82, 2.24) is 0 Å². The maximum absolute atomic E-state index is 12.4. The van der Waals surface area contributed by atoms with Gasteiger partial charge < -0.3 is 14.7 Å². The average Bonchev–Trinajstić information content (AvgIpc) is 3.67. The number of thiophene rings is 1. The van der Waals surface area contributed by atoms with Crippen molar-refractivity contribution in [2.75, 3.05) is 25.6 Å². The average molecular weight is 782 g/mol. The SMILES string of the molecule is CCO/C(=C(\c1ccccc1)c1cc(C(C)(C)C)c(O)c(C(C)(C)Cc2ccccc2-c2cc(-c3ccc(N(C)C)cc3)c(-c3ccccc3)s2)c1)c1ccccc1. The number of aromatic hydroxyl groups is 1. The van der Waals surface area contributed by atoms with Crippen LogP contribution in [-0.2, 0) is 22.0 Å². The molecule has 0 atom stereocenters. The molecule has 0 bridgehead atoms. The van der Waals surface area contributed by atoms with Gasteiger partial charge in [-0.15, -0.1) is 11.3 Å². The van der Waals surface area contributed by atoms with Crippen LogP contribution in [0.1, 0.15) is 74.9 Å². The summed E-state index contributed by atoms with van der Waals surface area (Å²) in [5.41, 5.74) is 12.4. The van der Waals surface area contributed by atoms with Crippen LogP contribution in [0.2, 0.25) is 0 Å². The zero-order valence-corrected chi connectivity index (χ0v) is 36.0. The van der Waals surface area contributed by atoms with E-state index in [1.807, 2.05) is 30.4 Å². The topological polar surface area (TPSA) is 32.7 Å². The summed E-state index contributed by atoms with van der Waals surface area (Å²) in [6.45, 7) is 13.6. The zero-order valence-electron chi connectivity index (χ0n) is 35.1. The fourth-order valence-corrected chi connectivity index (χ4v) is 9.15. The van der Waals surface area contributed by atoms with E-state index in [-0.39, 0.29) is 5.41 Å². The molecule has 7 aromatic rings. The molecule has 1 heterocycles. The summed E-state index contributed by atoms with van der Waals surface area (Å²) in [4.78, 5) is 4.62. The third-order valence-corrected chi connectivity index (χ3v) is 12.1. The molecule has 6 aromatic carbocycles. The monoisotopic (exact) mass is 781 g/mol. The number of nitrogens with zero attached hydrogens (tertiary/aromatic N) is 1. The molecule has 0 aliphatic heterocycles. The largest absolute Gasteiger partial charge is 0.507 e. The van der Waals surface area contributed by atoms with Gasteiger partial charge in [-0.3, -0.25) is 0 Å². The Kier molecular flexibility index (Phi) is 11.8. The first-order chi connectivity index (χ1) is 27.9. The summed E-state index contributed by atoms with van der Waals surface area (Å²) < 4.78 is 6.55. The van der Waals surface area contributed by atoms with E-state index in [2.05, 4.69) is 199 Å². The molecule has 7 rings (SSSR count). The summed E-state index contributed by atoms with van der Waals surface area (Å²) in [5.74, 6) is 1.18. The lowest BCUT2D eigenvalue weighted by Gasteiger charge is -2.32. The molecule has 3 nitrogen and oxygen atoms in total. The molecule has 0 saturated heterocycles. The first-order valence-corrected chi connectivity index (χ1v) is 21.1. The van der Waals surface area contributed by atoms with Crippen LogP contribution in [0.4, 0.5) is 5.69 Å². The molecular formula is C54H55NO2S. The Labute approximate surface area is 350 Å². The van der Waals surface area contributed by atoms with Gasteiger partial charge in [0.1, 0.15) is 11.5 Å². The lowest BCUT2D eigenvalue weighted by molar-refractivity contribution is 0.299. The molecule has 0 fully saturated rings. The van der Waals surface area contributed by atoms with Crippen molar-refractivity contribution in [2.45, 2.75) is 58.8 Å². The second kappa shape index (κ2) is 16.9. The molecule has 0 aliphatic carbocycles. The van der Waals surface area contributed by atoms with Gasteiger partial charge in [-0.2, -0.15) is 0 Å². The first-order valence-electron chi connectivity index (χ1n) is 20.3. The Morgan fingerprint density at radius 1 is 0.603 bits per heavy atom. The summed E-state index contributed by atoms with van der Waals surface area (Å²) in [7, 11) is 4.15. The first kappa shape index (κ1) is 40.4. The van der Waals surface area contributed by atoms with E-state index in [0.717, 1.165) is 45.6 Å². The maximum Gasteiger partial charge on any atom is 0.134 e. The number of hydrogen-bond donors (Lipinski definition) is 1. The van der Waals surface area contributed by atoms with Crippen LogP contribution in [0.3, 0.4) is 0 Å². The Bertz CT molecular complexity index is 2510. The predicted molar refractivity (Wildman–Crippen MR) is 249 cm³/mol. The molecular weight excluding hydrogens is 727 g/mol. The Balaban J connectivity index is 1.38. The highest BCUT2D eigenvalue weighted by molar-refractivity contribution is 7.19. The van der Waals surface area contributed by atoms with Crippen molar-refractivity contribution in [3.8, 4) is 37.8 Å². The second-order valence-electron chi connectivity index (χ2n) is 16.9. The summed E-state index contributed by atoms with van der Waals surface area (Å²) >= 11 is 1.85. The van der Waals surface area contributed by atoms with Gasteiger partial charge in [0.15, 0.2) is 0 Å². The van der Waals surface area contributed by atoms with Gasteiger partial charge >= 0.3 is 0 Å². The number of ether oxygens (including phenoxy) is 1. The normalized spacial score (nSPS) is 12.3. The maximum atomic E-state index is 12.4. The van der Waals surface area contributed by atoms with Gasteiger partial charge in [0.25, 0.3) is 0 Å². The van der Waals surface area contributed by atoms with E-state index in [0.29, 0.717) is 12.4 Å². The quantitative estimate of drug-likeness (QED) is 0.0990. The minimum atomic E-state index is -0.457. The molecule has 0 radical (unpaired) electrons. The molecule has 0 saturated carbocycles. The Hall–Kier alpha value is -5.84. The van der Waals surface area contributed by atoms with E-state index in [1.54, 1.807) is 0 Å². The van der Waals surface area contributed by atoms with Crippen LogP contribution in [-0.4, -0.2) is 25.8 Å². The van der Waals surface area contributed by atoms with Gasteiger partial charge in [-0.05, 0) is 87.9 Å². The highest BCUT2D eigenvalue weighted by Gasteiger charge is 2.32. The van der Waals surface area contributed by atoms with Crippen molar-refractivity contribution < 1.29 is 9.84 Å². The number of phenolic OH excluding ortho intramolecular Hbond substituents is 1. The number of benzene rings is 6. The number of phenols is 1. The number of hydrogen-bond acceptors (Lipinski definition) is 4. The Morgan fingerprint density at radius 2 is 1.17 bits per heavy atom. The molecule has 1 aromatic heterocycles. The predicted octanol–water partition coefficient (Wildman–Crippen LogP) is 14.3. The molecule has 4 heteroatoms. The van der Waals surface area contributed by atoms with E-state index < -0.39 is 5.41 Å². The van der Waals surface area contributed by atoms with Gasteiger partial charge in [-0.1, -0.05) is 162 Å². The molecule has 0 unspecified atom stereocenters. The third-order valence-electron chi connectivity index (χ3n) is 10.9. The smallest absolute Gasteiger partial charge is 0.134 e. The third kappa shape index (κ3) is 8.54. The summed E-state index contributed by atoms with van der Waals surface area (Å²) in [6, 6.07) is 56.0. The fraction of sp³-hybridized carbons (Fsp3) is 0.222. The highest BCUT2D eigenvalue weighted by Crippen LogP contribution is 2.48.